The van der Waals surface area contributed by atoms with Gasteiger partial charge in [0, 0.05) is 19.1 Å². The number of piperidine rings is 1. The average Bonchev–Trinajstić information content (AvgIpc) is 3.33. The van der Waals surface area contributed by atoms with Gasteiger partial charge < -0.3 is 24.8 Å². The Bertz CT molecular complexity index is 1010. The van der Waals surface area contributed by atoms with Crippen LogP contribution < -0.4 is 14.8 Å². The highest BCUT2D eigenvalue weighted by Gasteiger charge is 2.25. The van der Waals surface area contributed by atoms with Gasteiger partial charge in [0.25, 0.3) is 5.91 Å². The number of ether oxygens (including phenoxy) is 2. The van der Waals surface area contributed by atoms with Crippen molar-refractivity contribution in [3.05, 3.63) is 30.0 Å². The lowest BCUT2D eigenvalue weighted by atomic mass is 10.0. The Morgan fingerprint density at radius 2 is 1.73 bits per heavy atom. The fourth-order valence-electron chi connectivity index (χ4n) is 4.98. The van der Waals surface area contributed by atoms with E-state index in [-0.39, 0.29) is 18.0 Å². The third kappa shape index (κ3) is 7.71. The van der Waals surface area contributed by atoms with Gasteiger partial charge in [-0.2, -0.15) is 5.10 Å². The second-order valence-corrected chi connectivity index (χ2v) is 9.78. The van der Waals surface area contributed by atoms with Crippen LogP contribution in [0.2, 0.25) is 0 Å². The quantitative estimate of drug-likeness (QED) is 0.384. The van der Waals surface area contributed by atoms with Crippen LogP contribution >= 0.6 is 0 Å². The zero-order chi connectivity index (χ0) is 26.8. The molecule has 204 valence electrons. The van der Waals surface area contributed by atoms with Gasteiger partial charge in [0.05, 0.1) is 31.9 Å². The molecule has 3 rings (SSSR count). The Hall–Kier alpha value is -3.07. The third-order valence-corrected chi connectivity index (χ3v) is 7.28. The number of carboxylic acids is 1. The van der Waals surface area contributed by atoms with E-state index in [4.69, 9.17) is 14.6 Å². The molecule has 2 heterocycles. The van der Waals surface area contributed by atoms with Crippen molar-refractivity contribution in [1.29, 1.82) is 0 Å². The van der Waals surface area contributed by atoms with E-state index in [9.17, 15) is 14.7 Å². The number of carboxylic acid groups (broad SMARTS) is 1. The molecule has 2 N–H and O–H groups in total. The summed E-state index contributed by atoms with van der Waals surface area (Å²) < 4.78 is 13.1. The fraction of sp³-hybridized carbons (Fsp3) is 0.607. The number of rotatable bonds is 14. The van der Waals surface area contributed by atoms with Gasteiger partial charge >= 0.3 is 5.97 Å². The number of amides is 1. The van der Waals surface area contributed by atoms with Crippen LogP contribution in [0.3, 0.4) is 0 Å². The van der Waals surface area contributed by atoms with Gasteiger partial charge in [-0.1, -0.05) is 39.2 Å². The van der Waals surface area contributed by atoms with E-state index in [1.54, 1.807) is 20.3 Å². The number of carbonyl (C=O) groups excluding carboxylic acids is 1. The zero-order valence-electron chi connectivity index (χ0n) is 22.7. The summed E-state index contributed by atoms with van der Waals surface area (Å²) in [6.07, 6.45) is 6.00. The van der Waals surface area contributed by atoms with Crippen molar-refractivity contribution in [3.63, 3.8) is 0 Å². The molecule has 37 heavy (non-hydrogen) atoms. The molecule has 1 aliphatic heterocycles. The molecule has 1 fully saturated rings. The molecule has 1 saturated heterocycles. The van der Waals surface area contributed by atoms with Gasteiger partial charge in [0.1, 0.15) is 11.5 Å². The van der Waals surface area contributed by atoms with Gasteiger partial charge in [0.15, 0.2) is 5.69 Å². The van der Waals surface area contributed by atoms with Crippen LogP contribution in [0.1, 0.15) is 69.3 Å². The molecule has 1 amide bonds. The van der Waals surface area contributed by atoms with E-state index in [0.29, 0.717) is 30.4 Å². The Labute approximate surface area is 220 Å². The largest absolute Gasteiger partial charge is 0.496 e. The minimum Gasteiger partial charge on any atom is -0.496 e. The molecule has 0 aliphatic carbocycles. The summed E-state index contributed by atoms with van der Waals surface area (Å²) in [5, 5.41) is 17.1. The normalized spacial score (nSPS) is 14.9. The molecule has 1 aliphatic rings. The standard InChI is InChI=1S/C28H42N4O5/c1-5-20(6-2)19-32-23(27-24(36-3)11-10-12-25(27)37-4)18-22(30-32)28(35)29-21(17-26(33)34)13-16-31-14-8-7-9-15-31/h10-12,18,20-21H,5-9,13-17,19H2,1-4H3,(H,29,35)(H,33,34)/t21-/m0/s1. The summed E-state index contributed by atoms with van der Waals surface area (Å²) in [6, 6.07) is 6.85. The maximum absolute atomic E-state index is 13.4. The minimum absolute atomic E-state index is 0.124. The number of aliphatic carboxylic acids is 1. The molecule has 0 bridgehead atoms. The van der Waals surface area contributed by atoms with Crippen LogP contribution in [0, 0.1) is 5.92 Å². The molecule has 0 radical (unpaired) electrons. The van der Waals surface area contributed by atoms with E-state index >= 15 is 0 Å². The second-order valence-electron chi connectivity index (χ2n) is 9.78. The number of aromatic nitrogens is 2. The van der Waals surface area contributed by atoms with Crippen LogP contribution in [0.5, 0.6) is 11.5 Å². The summed E-state index contributed by atoms with van der Waals surface area (Å²) in [7, 11) is 3.21. The number of likely N-dealkylation sites (tertiary alicyclic amines) is 1. The Morgan fingerprint density at radius 1 is 1.08 bits per heavy atom. The van der Waals surface area contributed by atoms with E-state index in [1.807, 2.05) is 22.9 Å². The van der Waals surface area contributed by atoms with Gasteiger partial charge in [0.2, 0.25) is 0 Å². The smallest absolute Gasteiger partial charge is 0.305 e. The van der Waals surface area contributed by atoms with Crippen molar-refractivity contribution in [2.24, 2.45) is 5.92 Å². The second kappa shape index (κ2) is 14.0. The van der Waals surface area contributed by atoms with E-state index in [1.165, 1.54) is 19.3 Å². The highest BCUT2D eigenvalue weighted by molar-refractivity contribution is 5.94. The van der Waals surface area contributed by atoms with Crippen LogP contribution in [-0.2, 0) is 11.3 Å². The van der Waals surface area contributed by atoms with Crippen molar-refractivity contribution in [3.8, 4) is 22.8 Å². The molecule has 0 spiro atoms. The number of nitrogens with zero attached hydrogens (tertiary/aromatic N) is 3. The first-order valence-electron chi connectivity index (χ1n) is 13.4. The number of nitrogens with one attached hydrogen (secondary N) is 1. The lowest BCUT2D eigenvalue weighted by molar-refractivity contribution is -0.137. The summed E-state index contributed by atoms with van der Waals surface area (Å²) in [5.41, 5.74) is 1.72. The van der Waals surface area contributed by atoms with Gasteiger partial charge in [-0.05, 0) is 56.5 Å². The number of hydrogen-bond acceptors (Lipinski definition) is 6. The Kier molecular flexibility index (Phi) is 10.8. The number of benzene rings is 1. The van der Waals surface area contributed by atoms with Crippen LogP contribution in [0.15, 0.2) is 24.3 Å². The topological polar surface area (TPSA) is 106 Å². The summed E-state index contributed by atoms with van der Waals surface area (Å²) in [5.74, 6) is 0.343. The van der Waals surface area contributed by atoms with Crippen molar-refractivity contribution in [2.45, 2.75) is 71.4 Å². The van der Waals surface area contributed by atoms with Crippen molar-refractivity contribution in [1.82, 2.24) is 20.0 Å². The van der Waals surface area contributed by atoms with Crippen molar-refractivity contribution < 1.29 is 24.2 Å². The lowest BCUT2D eigenvalue weighted by Crippen LogP contribution is -2.40. The molecular weight excluding hydrogens is 472 g/mol. The molecule has 9 nitrogen and oxygen atoms in total. The summed E-state index contributed by atoms with van der Waals surface area (Å²) >= 11 is 0. The number of carbonyl (C=O) groups is 2. The fourth-order valence-corrected chi connectivity index (χ4v) is 4.98. The molecule has 9 heteroatoms. The van der Waals surface area contributed by atoms with Crippen molar-refractivity contribution in [2.75, 3.05) is 33.9 Å². The predicted octanol–water partition coefficient (Wildman–Crippen LogP) is 4.45. The lowest BCUT2D eigenvalue weighted by Gasteiger charge is -2.28. The summed E-state index contributed by atoms with van der Waals surface area (Å²) in [6.45, 7) is 7.76. The van der Waals surface area contributed by atoms with E-state index in [2.05, 4.69) is 24.1 Å². The minimum atomic E-state index is -0.928. The van der Waals surface area contributed by atoms with Crippen LogP contribution in [0.4, 0.5) is 0 Å². The van der Waals surface area contributed by atoms with Crippen molar-refractivity contribution >= 4 is 11.9 Å². The van der Waals surface area contributed by atoms with E-state index < -0.39 is 12.0 Å². The van der Waals surface area contributed by atoms with Gasteiger partial charge in [-0.3, -0.25) is 14.3 Å². The predicted molar refractivity (Wildman–Crippen MR) is 143 cm³/mol. The summed E-state index contributed by atoms with van der Waals surface area (Å²) in [4.78, 5) is 27.2. The Morgan fingerprint density at radius 3 is 2.30 bits per heavy atom. The monoisotopic (exact) mass is 514 g/mol. The average molecular weight is 515 g/mol. The Balaban J connectivity index is 1.89. The molecule has 0 unspecified atom stereocenters. The zero-order valence-corrected chi connectivity index (χ0v) is 22.7. The first-order valence-corrected chi connectivity index (χ1v) is 13.4. The first kappa shape index (κ1) is 28.5. The maximum Gasteiger partial charge on any atom is 0.305 e. The molecule has 1 atom stereocenters. The SMILES string of the molecule is CCC(CC)Cn1nc(C(=O)N[C@@H](CCN2CCCCC2)CC(=O)O)cc1-c1c(OC)cccc1OC. The molecule has 0 saturated carbocycles. The molecule has 2 aromatic rings. The van der Waals surface area contributed by atoms with Crippen LogP contribution in [0.25, 0.3) is 11.3 Å². The van der Waals surface area contributed by atoms with Gasteiger partial charge in [-0.15, -0.1) is 0 Å². The van der Waals surface area contributed by atoms with E-state index in [0.717, 1.165) is 43.7 Å². The third-order valence-electron chi connectivity index (χ3n) is 7.28. The number of hydrogen-bond donors (Lipinski definition) is 2. The first-order chi connectivity index (χ1) is 17.9. The molecule has 1 aromatic heterocycles. The highest BCUT2D eigenvalue weighted by Crippen LogP contribution is 2.39. The highest BCUT2D eigenvalue weighted by atomic mass is 16.5. The molecule has 1 aromatic carbocycles. The van der Waals surface area contributed by atoms with Crippen LogP contribution in [-0.4, -0.2) is 71.6 Å². The maximum atomic E-state index is 13.4. The van der Waals surface area contributed by atoms with Gasteiger partial charge in [-0.25, -0.2) is 0 Å². The number of methoxy groups -OCH3 is 2. The molecular formula is C28H42N4O5.